The molecular weight excluding hydrogens is 469 g/mol. The first kappa shape index (κ1) is 24.7. The lowest BCUT2D eigenvalue weighted by Crippen LogP contribution is -2.51. The molecule has 2 amide bonds. The lowest BCUT2D eigenvalue weighted by Gasteiger charge is -2.42. The van der Waals surface area contributed by atoms with Crippen LogP contribution in [-0.4, -0.2) is 55.1 Å². The number of ether oxygens (including phenoxy) is 2. The van der Waals surface area contributed by atoms with Crippen LogP contribution in [0.2, 0.25) is 0 Å². The molecule has 0 atom stereocenters. The molecule has 0 aliphatic carbocycles. The maximum Gasteiger partial charge on any atom is 0.534 e. The topological polar surface area (TPSA) is 125 Å². The molecule has 13 heteroatoms. The summed E-state index contributed by atoms with van der Waals surface area (Å²) >= 11 is 0. The van der Waals surface area contributed by atoms with Crippen molar-refractivity contribution < 1.29 is 44.8 Å². The standard InChI is InChI=1S/C20H23F3N2O7S/c1-18(2,3)31-17(27)25-9-7-19(8-10-25)11-14(32-33(28,29)20(21,22)23)15-12(16(24)26)5-4-6-13(15)30-19/h4-6,11H,7-10H2,1-3H3,(H2,24,26). The number of rotatable bonds is 3. The average molecular weight is 492 g/mol. The number of nitrogens with two attached hydrogens (primary N) is 1. The number of likely N-dealkylation sites (tertiary alicyclic amines) is 1. The van der Waals surface area contributed by atoms with E-state index >= 15 is 0 Å². The van der Waals surface area contributed by atoms with Crippen molar-refractivity contribution in [1.29, 1.82) is 0 Å². The highest BCUT2D eigenvalue weighted by molar-refractivity contribution is 7.87. The Hall–Kier alpha value is -2.96. The van der Waals surface area contributed by atoms with Crippen molar-refractivity contribution in [2.24, 2.45) is 5.73 Å². The zero-order valence-electron chi connectivity index (χ0n) is 18.1. The second-order valence-corrected chi connectivity index (χ2v) is 10.2. The molecule has 0 saturated carbocycles. The summed E-state index contributed by atoms with van der Waals surface area (Å²) in [6.07, 6.45) is 0.735. The maximum atomic E-state index is 13.0. The van der Waals surface area contributed by atoms with Gasteiger partial charge in [-0.1, -0.05) is 6.07 Å². The smallest absolute Gasteiger partial charge is 0.482 e. The van der Waals surface area contributed by atoms with E-state index in [0.29, 0.717) is 0 Å². The number of nitrogens with zero attached hydrogens (tertiary/aromatic N) is 1. The molecule has 3 rings (SSSR count). The fourth-order valence-corrected chi connectivity index (χ4v) is 3.97. The molecule has 0 unspecified atom stereocenters. The molecule has 0 radical (unpaired) electrons. The third-order valence-corrected chi connectivity index (χ3v) is 5.96. The molecule has 1 aromatic carbocycles. The molecule has 1 aromatic rings. The Morgan fingerprint density at radius 1 is 1.15 bits per heavy atom. The van der Waals surface area contributed by atoms with Crippen LogP contribution in [0.15, 0.2) is 24.3 Å². The predicted molar refractivity (Wildman–Crippen MR) is 109 cm³/mol. The molecule has 0 aromatic heterocycles. The van der Waals surface area contributed by atoms with E-state index in [1.807, 2.05) is 0 Å². The minimum Gasteiger partial charge on any atom is -0.482 e. The van der Waals surface area contributed by atoms with Crippen molar-refractivity contribution in [3.05, 3.63) is 35.4 Å². The van der Waals surface area contributed by atoms with E-state index in [1.54, 1.807) is 20.8 Å². The van der Waals surface area contributed by atoms with Gasteiger partial charge in [-0.2, -0.15) is 21.6 Å². The number of carbonyl (C=O) groups excluding carboxylic acids is 2. The number of halogens is 3. The van der Waals surface area contributed by atoms with Crippen molar-refractivity contribution >= 4 is 27.9 Å². The Bertz CT molecular complexity index is 1100. The molecule has 2 aliphatic rings. The minimum absolute atomic E-state index is 0.0631. The Balaban J connectivity index is 1.98. The van der Waals surface area contributed by atoms with Gasteiger partial charge in [-0.25, -0.2) is 4.79 Å². The monoisotopic (exact) mass is 492 g/mol. The third-order valence-electron chi connectivity index (χ3n) is 4.99. The molecule has 2 N–H and O–H groups in total. The van der Waals surface area contributed by atoms with Gasteiger partial charge in [0, 0.05) is 32.0 Å². The normalized spacial score (nSPS) is 18.1. The van der Waals surface area contributed by atoms with Gasteiger partial charge in [-0.05, 0) is 32.9 Å². The molecule has 33 heavy (non-hydrogen) atoms. The Kier molecular flexibility index (Phi) is 6.07. The lowest BCUT2D eigenvalue weighted by molar-refractivity contribution is -0.0512. The van der Waals surface area contributed by atoms with E-state index in [4.69, 9.17) is 15.2 Å². The summed E-state index contributed by atoms with van der Waals surface area (Å²) in [5, 5.41) is 0. The Morgan fingerprint density at radius 2 is 1.76 bits per heavy atom. The van der Waals surface area contributed by atoms with Crippen LogP contribution in [0.4, 0.5) is 18.0 Å². The summed E-state index contributed by atoms with van der Waals surface area (Å²) in [5.41, 5.74) is -2.94. The number of fused-ring (bicyclic) bond motifs is 1. The molecule has 9 nitrogen and oxygen atoms in total. The van der Waals surface area contributed by atoms with Crippen LogP contribution in [-0.2, 0) is 19.0 Å². The quantitative estimate of drug-likeness (QED) is 0.508. The molecule has 182 valence electrons. The largest absolute Gasteiger partial charge is 0.534 e. The first-order valence-electron chi connectivity index (χ1n) is 9.87. The van der Waals surface area contributed by atoms with Crippen molar-refractivity contribution in [1.82, 2.24) is 4.90 Å². The van der Waals surface area contributed by atoms with Crippen LogP contribution < -0.4 is 10.5 Å². The molecule has 2 heterocycles. The van der Waals surface area contributed by atoms with Gasteiger partial charge in [0.1, 0.15) is 17.0 Å². The number of piperidine rings is 1. The number of hydrogen-bond acceptors (Lipinski definition) is 7. The minimum atomic E-state index is -6.04. The second kappa shape index (κ2) is 8.12. The van der Waals surface area contributed by atoms with E-state index < -0.39 is 44.6 Å². The Morgan fingerprint density at radius 3 is 2.27 bits per heavy atom. The molecule has 2 aliphatic heterocycles. The van der Waals surface area contributed by atoms with Crippen LogP contribution >= 0.6 is 0 Å². The van der Waals surface area contributed by atoms with Crippen LogP contribution in [0.5, 0.6) is 5.75 Å². The lowest BCUT2D eigenvalue weighted by atomic mass is 9.86. The Labute approximate surface area is 188 Å². The maximum absolute atomic E-state index is 13.0. The third kappa shape index (κ3) is 5.18. The number of amides is 2. The van der Waals surface area contributed by atoms with E-state index in [9.17, 15) is 31.2 Å². The van der Waals surface area contributed by atoms with Crippen molar-refractivity contribution in [2.45, 2.75) is 50.3 Å². The molecule has 0 bridgehead atoms. The van der Waals surface area contributed by atoms with Gasteiger partial charge in [0.2, 0.25) is 5.91 Å². The average Bonchev–Trinajstić information content (AvgIpc) is 2.65. The van der Waals surface area contributed by atoms with Gasteiger partial charge in [0.25, 0.3) is 0 Å². The zero-order chi connectivity index (χ0) is 24.8. The highest BCUT2D eigenvalue weighted by atomic mass is 32.2. The summed E-state index contributed by atoms with van der Waals surface area (Å²) in [6, 6.07) is 3.97. The second-order valence-electron chi connectivity index (χ2n) is 8.67. The zero-order valence-corrected chi connectivity index (χ0v) is 18.9. The van der Waals surface area contributed by atoms with E-state index in [-0.39, 0.29) is 42.8 Å². The first-order chi connectivity index (χ1) is 15.0. The highest BCUT2D eigenvalue weighted by Crippen LogP contribution is 2.44. The van der Waals surface area contributed by atoms with E-state index in [0.717, 1.165) is 6.08 Å². The van der Waals surface area contributed by atoms with Gasteiger partial charge in [0.15, 0.2) is 5.76 Å². The number of hydrogen-bond donors (Lipinski definition) is 1. The fourth-order valence-electron chi connectivity index (χ4n) is 3.51. The molecule has 1 fully saturated rings. The van der Waals surface area contributed by atoms with E-state index in [2.05, 4.69) is 4.18 Å². The fraction of sp³-hybridized carbons (Fsp3) is 0.500. The number of benzene rings is 1. The number of carbonyl (C=O) groups is 2. The number of primary amides is 1. The van der Waals surface area contributed by atoms with Crippen molar-refractivity contribution in [3.8, 4) is 5.75 Å². The molecular formula is C20H23F3N2O7S. The predicted octanol–water partition coefficient (Wildman–Crippen LogP) is 3.15. The van der Waals surface area contributed by atoms with Crippen molar-refractivity contribution in [2.75, 3.05) is 13.1 Å². The summed E-state index contributed by atoms with van der Waals surface area (Å²) < 4.78 is 78.3. The van der Waals surface area contributed by atoms with Gasteiger partial charge < -0.3 is 24.3 Å². The van der Waals surface area contributed by atoms with E-state index in [1.165, 1.54) is 23.1 Å². The highest BCUT2D eigenvalue weighted by Gasteiger charge is 2.51. The van der Waals surface area contributed by atoms with Crippen LogP contribution in [0.25, 0.3) is 5.76 Å². The summed E-state index contributed by atoms with van der Waals surface area (Å²) in [4.78, 5) is 25.6. The first-order valence-corrected chi connectivity index (χ1v) is 11.3. The SMILES string of the molecule is CC(C)(C)OC(=O)N1CCC2(C=C(OS(=O)(=O)C(F)(F)F)c3c(cccc3C(N)=O)O2)CC1. The molecule has 1 saturated heterocycles. The van der Waals surface area contributed by atoms with Crippen LogP contribution in [0.1, 0.15) is 49.5 Å². The van der Waals surface area contributed by atoms with Crippen LogP contribution in [0.3, 0.4) is 0 Å². The van der Waals surface area contributed by atoms with Crippen molar-refractivity contribution in [3.63, 3.8) is 0 Å². The van der Waals surface area contributed by atoms with Gasteiger partial charge >= 0.3 is 21.7 Å². The van der Waals surface area contributed by atoms with Gasteiger partial charge in [-0.3, -0.25) is 4.79 Å². The summed E-state index contributed by atoms with van der Waals surface area (Å²) in [5.74, 6) is -1.79. The van der Waals surface area contributed by atoms with Gasteiger partial charge in [-0.15, -0.1) is 0 Å². The number of alkyl halides is 3. The summed E-state index contributed by atoms with van der Waals surface area (Å²) in [7, 11) is -6.04. The summed E-state index contributed by atoms with van der Waals surface area (Å²) in [6.45, 7) is 5.37. The van der Waals surface area contributed by atoms with Crippen LogP contribution in [0, 0.1) is 0 Å². The van der Waals surface area contributed by atoms with Gasteiger partial charge in [0.05, 0.1) is 11.1 Å². The molecule has 1 spiro atoms.